The first kappa shape index (κ1) is 15.3. The predicted molar refractivity (Wildman–Crippen MR) is 97.6 cm³/mol. The van der Waals surface area contributed by atoms with Crippen LogP contribution in [-0.4, -0.2) is 26.6 Å². The summed E-state index contributed by atoms with van der Waals surface area (Å²) in [6, 6.07) is 18.6. The lowest BCUT2D eigenvalue weighted by Gasteiger charge is -2.09. The highest BCUT2D eigenvalue weighted by molar-refractivity contribution is 5.81. The Morgan fingerprint density at radius 1 is 1.00 bits per heavy atom. The lowest BCUT2D eigenvalue weighted by Crippen LogP contribution is -2.03. The van der Waals surface area contributed by atoms with Crippen LogP contribution in [0.25, 0.3) is 22.6 Å². The average molecular weight is 330 g/mol. The largest absolute Gasteiger partial charge is 0.479 e. The van der Waals surface area contributed by atoms with Gasteiger partial charge in [0.05, 0.1) is 13.7 Å². The molecule has 4 aromatic rings. The van der Waals surface area contributed by atoms with Crippen LogP contribution in [0.3, 0.4) is 0 Å². The highest BCUT2D eigenvalue weighted by atomic mass is 16.5. The number of aromatic nitrogens is 4. The van der Waals surface area contributed by atoms with Gasteiger partial charge in [-0.2, -0.15) is 4.98 Å². The Hall–Kier alpha value is -3.21. The molecule has 0 aliphatic rings. The molecule has 0 spiro atoms. The molecule has 0 aliphatic carbocycles. The van der Waals surface area contributed by atoms with E-state index in [1.54, 1.807) is 7.11 Å². The van der Waals surface area contributed by atoms with Crippen molar-refractivity contribution in [3.05, 3.63) is 72.1 Å². The van der Waals surface area contributed by atoms with Crippen LogP contribution in [0.15, 0.2) is 60.9 Å². The van der Waals surface area contributed by atoms with Crippen LogP contribution in [-0.2, 0) is 6.54 Å². The lowest BCUT2D eigenvalue weighted by molar-refractivity contribution is 0.401. The van der Waals surface area contributed by atoms with E-state index >= 15 is 0 Å². The maximum absolute atomic E-state index is 5.38. The van der Waals surface area contributed by atoms with Gasteiger partial charge in [-0.05, 0) is 18.6 Å². The minimum atomic E-state index is 0.491. The van der Waals surface area contributed by atoms with Crippen molar-refractivity contribution >= 4 is 11.2 Å². The van der Waals surface area contributed by atoms with E-state index < -0.39 is 0 Å². The highest BCUT2D eigenvalue weighted by Gasteiger charge is 2.18. The van der Waals surface area contributed by atoms with Crippen LogP contribution < -0.4 is 4.74 Å². The lowest BCUT2D eigenvalue weighted by atomic mass is 10.1. The molecule has 5 nitrogen and oxygen atoms in total. The molecule has 0 aliphatic heterocycles. The highest BCUT2D eigenvalue weighted by Crippen LogP contribution is 2.28. The molecular formula is C20H18N4O. The van der Waals surface area contributed by atoms with Crippen LogP contribution in [0.4, 0.5) is 0 Å². The van der Waals surface area contributed by atoms with E-state index in [4.69, 9.17) is 9.72 Å². The Morgan fingerprint density at radius 3 is 2.60 bits per heavy atom. The van der Waals surface area contributed by atoms with Gasteiger partial charge in [-0.3, -0.25) is 0 Å². The zero-order valence-corrected chi connectivity index (χ0v) is 14.2. The second-order valence-electron chi connectivity index (χ2n) is 5.93. The molecule has 0 unspecified atom stereocenters. The SMILES string of the molecule is COc1ncnc2c1nc(-c1cccc(C)c1)n2Cc1ccccc1. The van der Waals surface area contributed by atoms with Crippen LogP contribution in [0.2, 0.25) is 0 Å². The van der Waals surface area contributed by atoms with E-state index in [1.807, 2.05) is 24.3 Å². The fourth-order valence-electron chi connectivity index (χ4n) is 2.99. The third-order valence-corrected chi connectivity index (χ3v) is 4.15. The minimum Gasteiger partial charge on any atom is -0.479 e. The first-order valence-corrected chi connectivity index (χ1v) is 8.12. The average Bonchev–Trinajstić information content (AvgIpc) is 3.01. The molecule has 0 bridgehead atoms. The topological polar surface area (TPSA) is 52.8 Å². The van der Waals surface area contributed by atoms with E-state index in [0.29, 0.717) is 17.9 Å². The molecule has 2 heterocycles. The van der Waals surface area contributed by atoms with Gasteiger partial charge in [0, 0.05) is 5.56 Å². The van der Waals surface area contributed by atoms with Crippen molar-refractivity contribution in [2.24, 2.45) is 0 Å². The summed E-state index contributed by atoms with van der Waals surface area (Å²) >= 11 is 0. The van der Waals surface area contributed by atoms with E-state index in [-0.39, 0.29) is 0 Å². The molecule has 0 N–H and O–H groups in total. The second kappa shape index (κ2) is 6.36. The van der Waals surface area contributed by atoms with Crippen molar-refractivity contribution in [3.63, 3.8) is 0 Å². The van der Waals surface area contributed by atoms with Crippen molar-refractivity contribution in [2.45, 2.75) is 13.5 Å². The molecule has 2 aromatic heterocycles. The Bertz CT molecular complexity index is 1020. The minimum absolute atomic E-state index is 0.491. The van der Waals surface area contributed by atoms with Crippen molar-refractivity contribution in [2.75, 3.05) is 7.11 Å². The Labute approximate surface area is 146 Å². The van der Waals surface area contributed by atoms with Crippen molar-refractivity contribution < 1.29 is 4.74 Å². The first-order chi connectivity index (χ1) is 12.3. The number of hydrogen-bond donors (Lipinski definition) is 0. The van der Waals surface area contributed by atoms with Gasteiger partial charge in [0.25, 0.3) is 0 Å². The summed E-state index contributed by atoms with van der Waals surface area (Å²) in [4.78, 5) is 13.5. The summed E-state index contributed by atoms with van der Waals surface area (Å²) in [5, 5.41) is 0. The van der Waals surface area contributed by atoms with Crippen LogP contribution in [0, 0.1) is 6.92 Å². The zero-order valence-electron chi connectivity index (χ0n) is 14.2. The first-order valence-electron chi connectivity index (χ1n) is 8.12. The molecule has 0 amide bonds. The molecule has 0 saturated heterocycles. The maximum Gasteiger partial charge on any atom is 0.245 e. The van der Waals surface area contributed by atoms with Gasteiger partial charge < -0.3 is 9.30 Å². The second-order valence-corrected chi connectivity index (χ2v) is 5.93. The van der Waals surface area contributed by atoms with Gasteiger partial charge in [-0.15, -0.1) is 0 Å². The Balaban J connectivity index is 1.95. The molecule has 5 heteroatoms. The van der Waals surface area contributed by atoms with Gasteiger partial charge in [-0.1, -0.05) is 54.1 Å². The van der Waals surface area contributed by atoms with Crippen LogP contribution >= 0.6 is 0 Å². The quantitative estimate of drug-likeness (QED) is 0.570. The summed E-state index contributed by atoms with van der Waals surface area (Å²) in [5.74, 6) is 1.35. The van der Waals surface area contributed by atoms with Gasteiger partial charge in [0.15, 0.2) is 11.2 Å². The van der Waals surface area contributed by atoms with E-state index in [2.05, 4.69) is 51.8 Å². The predicted octanol–water partition coefficient (Wildman–Crippen LogP) is 3.86. The smallest absolute Gasteiger partial charge is 0.245 e. The third-order valence-electron chi connectivity index (χ3n) is 4.15. The molecule has 0 atom stereocenters. The normalized spacial score (nSPS) is 11.0. The number of ether oxygens (including phenoxy) is 1. The molecule has 0 saturated carbocycles. The molecule has 0 radical (unpaired) electrons. The van der Waals surface area contributed by atoms with Crippen LogP contribution in [0.5, 0.6) is 5.88 Å². The van der Waals surface area contributed by atoms with Gasteiger partial charge in [-0.25, -0.2) is 9.97 Å². The fourth-order valence-corrected chi connectivity index (χ4v) is 2.99. The number of fused-ring (bicyclic) bond motifs is 1. The fraction of sp³-hybridized carbons (Fsp3) is 0.150. The Kier molecular flexibility index (Phi) is 3.90. The number of nitrogens with zero attached hydrogens (tertiary/aromatic N) is 4. The molecule has 4 rings (SSSR count). The standard InChI is InChI=1S/C20H18N4O/c1-14-7-6-10-16(11-14)18-23-17-19(21-13-22-20(17)25-2)24(18)12-15-8-4-3-5-9-15/h3-11,13H,12H2,1-2H3. The van der Waals surface area contributed by atoms with Gasteiger partial charge in [0.2, 0.25) is 5.88 Å². The number of methoxy groups -OCH3 is 1. The van der Waals surface area contributed by atoms with Gasteiger partial charge in [0.1, 0.15) is 12.2 Å². The number of aryl methyl sites for hydroxylation is 1. The molecular weight excluding hydrogens is 312 g/mol. The summed E-state index contributed by atoms with van der Waals surface area (Å²) in [6.45, 7) is 2.76. The van der Waals surface area contributed by atoms with Gasteiger partial charge >= 0.3 is 0 Å². The summed E-state index contributed by atoms with van der Waals surface area (Å²) in [5.41, 5.74) is 4.88. The molecule has 124 valence electrons. The van der Waals surface area contributed by atoms with Crippen molar-refractivity contribution in [3.8, 4) is 17.3 Å². The number of rotatable bonds is 4. The third kappa shape index (κ3) is 2.85. The number of hydrogen-bond acceptors (Lipinski definition) is 4. The number of imidazole rings is 1. The maximum atomic E-state index is 5.38. The monoisotopic (exact) mass is 330 g/mol. The van der Waals surface area contributed by atoms with Crippen molar-refractivity contribution in [1.29, 1.82) is 0 Å². The summed E-state index contributed by atoms with van der Waals surface area (Å²) in [6.07, 6.45) is 1.52. The van der Waals surface area contributed by atoms with E-state index in [0.717, 1.165) is 17.0 Å². The molecule has 0 fully saturated rings. The summed E-state index contributed by atoms with van der Waals surface area (Å²) < 4.78 is 7.49. The summed E-state index contributed by atoms with van der Waals surface area (Å²) in [7, 11) is 1.60. The molecule has 2 aromatic carbocycles. The zero-order chi connectivity index (χ0) is 17.2. The van der Waals surface area contributed by atoms with E-state index in [9.17, 15) is 0 Å². The number of benzene rings is 2. The molecule has 25 heavy (non-hydrogen) atoms. The van der Waals surface area contributed by atoms with E-state index in [1.165, 1.54) is 17.5 Å². The Morgan fingerprint density at radius 2 is 1.84 bits per heavy atom. The van der Waals surface area contributed by atoms with Crippen LogP contribution in [0.1, 0.15) is 11.1 Å². The van der Waals surface area contributed by atoms with Crippen molar-refractivity contribution in [1.82, 2.24) is 19.5 Å².